The Kier molecular flexibility index (Phi) is 8.11. The Labute approximate surface area is 235 Å². The minimum Gasteiger partial charge on any atom is -0.489 e. The maximum absolute atomic E-state index is 12.3. The number of rotatable bonds is 9. The van der Waals surface area contributed by atoms with Crippen molar-refractivity contribution in [2.45, 2.75) is 32.0 Å². The molecule has 5 rings (SSSR count). The molecule has 2 aromatic carbocycles. The molecule has 38 heavy (non-hydrogen) atoms. The lowest BCUT2D eigenvalue weighted by Crippen LogP contribution is -2.40. The Morgan fingerprint density at radius 1 is 1.18 bits per heavy atom. The number of ether oxygens (including phenoxy) is 2. The first-order valence-corrected chi connectivity index (χ1v) is 14.0. The fraction of sp³-hybridized carbons (Fsp3) is 0.333. The highest BCUT2D eigenvalue weighted by molar-refractivity contribution is 7.16. The molecule has 3 heterocycles. The van der Waals surface area contributed by atoms with Gasteiger partial charge in [0, 0.05) is 42.8 Å². The number of hydrogen-bond acceptors (Lipinski definition) is 7. The van der Waals surface area contributed by atoms with Crippen molar-refractivity contribution in [2.75, 3.05) is 26.2 Å². The lowest BCUT2D eigenvalue weighted by Gasteiger charge is -2.32. The van der Waals surface area contributed by atoms with E-state index < -0.39 is 12.0 Å². The van der Waals surface area contributed by atoms with Gasteiger partial charge < -0.3 is 25.8 Å². The molecular formula is C27H29Cl2N5O3S. The van der Waals surface area contributed by atoms with Crippen molar-refractivity contribution < 1.29 is 14.3 Å². The molecule has 0 bridgehead atoms. The van der Waals surface area contributed by atoms with Crippen molar-refractivity contribution in [2.24, 2.45) is 11.5 Å². The summed E-state index contributed by atoms with van der Waals surface area (Å²) in [5.74, 6) is 0.442. The number of carbonyl (C=O) groups excluding carboxylic acids is 1. The predicted molar refractivity (Wildman–Crippen MR) is 152 cm³/mol. The smallest absolute Gasteiger partial charge is 0.262 e. The number of benzene rings is 2. The van der Waals surface area contributed by atoms with Crippen LogP contribution in [0.15, 0.2) is 48.8 Å². The summed E-state index contributed by atoms with van der Waals surface area (Å²) in [6.45, 7) is 5.35. The number of aromatic nitrogens is 2. The fourth-order valence-corrected chi connectivity index (χ4v) is 6.12. The van der Waals surface area contributed by atoms with Crippen molar-refractivity contribution >= 4 is 51.5 Å². The van der Waals surface area contributed by atoms with E-state index in [1.54, 1.807) is 24.5 Å². The lowest BCUT2D eigenvalue weighted by molar-refractivity contribution is 0.0996. The van der Waals surface area contributed by atoms with Crippen LogP contribution in [0.5, 0.6) is 11.5 Å². The third-order valence-corrected chi connectivity index (χ3v) is 8.43. The normalized spacial score (nSPS) is 15.6. The number of hydrogen-bond donors (Lipinski definition) is 2. The number of thiophene rings is 1. The zero-order chi connectivity index (χ0) is 26.8. The topological polar surface area (TPSA) is 109 Å². The second-order valence-corrected chi connectivity index (χ2v) is 11.1. The highest BCUT2D eigenvalue weighted by atomic mass is 35.5. The Bertz CT molecular complexity index is 1450. The molecule has 4 aromatic rings. The average molecular weight is 575 g/mol. The van der Waals surface area contributed by atoms with Gasteiger partial charge in [0.2, 0.25) is 0 Å². The zero-order valence-electron chi connectivity index (χ0n) is 20.9. The van der Waals surface area contributed by atoms with Gasteiger partial charge in [-0.3, -0.25) is 9.36 Å². The van der Waals surface area contributed by atoms with Crippen LogP contribution >= 0.6 is 34.5 Å². The summed E-state index contributed by atoms with van der Waals surface area (Å²) in [5, 5.41) is 1.85. The summed E-state index contributed by atoms with van der Waals surface area (Å²) in [5.41, 5.74) is 13.7. The van der Waals surface area contributed by atoms with Gasteiger partial charge in [-0.25, -0.2) is 4.98 Å². The van der Waals surface area contributed by atoms with Crippen LogP contribution in [0.25, 0.3) is 16.0 Å². The van der Waals surface area contributed by atoms with Crippen LogP contribution in [0.2, 0.25) is 10.0 Å². The van der Waals surface area contributed by atoms with Gasteiger partial charge in [-0.05, 0) is 44.0 Å². The molecule has 4 N–H and O–H groups in total. The van der Waals surface area contributed by atoms with Crippen LogP contribution in [-0.4, -0.2) is 52.6 Å². The van der Waals surface area contributed by atoms with Crippen molar-refractivity contribution in [1.29, 1.82) is 0 Å². The predicted octanol–water partition coefficient (Wildman–Crippen LogP) is 5.43. The summed E-state index contributed by atoms with van der Waals surface area (Å²) in [4.78, 5) is 19.4. The van der Waals surface area contributed by atoms with Gasteiger partial charge in [-0.2, -0.15) is 0 Å². The van der Waals surface area contributed by atoms with Crippen LogP contribution in [0.3, 0.4) is 0 Å². The lowest BCUT2D eigenvalue weighted by atomic mass is 10.1. The van der Waals surface area contributed by atoms with Gasteiger partial charge in [-0.15, -0.1) is 11.3 Å². The maximum atomic E-state index is 12.3. The van der Waals surface area contributed by atoms with Crippen LogP contribution in [-0.2, 0) is 0 Å². The van der Waals surface area contributed by atoms with Crippen LogP contribution in [0.1, 0.15) is 41.1 Å². The summed E-state index contributed by atoms with van der Waals surface area (Å²) < 4.78 is 14.4. The number of likely N-dealkylation sites (tertiary alicyclic amines) is 1. The summed E-state index contributed by atoms with van der Waals surface area (Å²) >= 11 is 14.1. The van der Waals surface area contributed by atoms with Crippen molar-refractivity contribution in [3.05, 3.63) is 69.3 Å². The quantitative estimate of drug-likeness (QED) is 0.276. The van der Waals surface area contributed by atoms with Crippen LogP contribution < -0.4 is 20.9 Å². The zero-order valence-corrected chi connectivity index (χ0v) is 23.2. The number of carbonyl (C=O) groups is 1. The monoisotopic (exact) mass is 573 g/mol. The molecule has 2 aromatic heterocycles. The second-order valence-electron chi connectivity index (χ2n) is 9.26. The van der Waals surface area contributed by atoms with Gasteiger partial charge in [0.05, 0.1) is 16.1 Å². The SMILES string of the molecule is CC(Oc1cc(-n2cnc3cc(Cl)ccc32)sc1C(N)=O)c1cccc(OC2CCN(CCN)CC2)c1Cl. The Morgan fingerprint density at radius 3 is 2.71 bits per heavy atom. The molecule has 1 unspecified atom stereocenters. The van der Waals surface area contributed by atoms with E-state index in [9.17, 15) is 4.79 Å². The number of piperidine rings is 1. The fourth-order valence-electron chi connectivity index (χ4n) is 4.70. The van der Waals surface area contributed by atoms with Crippen molar-refractivity contribution in [1.82, 2.24) is 14.5 Å². The Balaban J connectivity index is 1.35. The molecule has 1 aliphatic rings. The van der Waals surface area contributed by atoms with E-state index in [-0.39, 0.29) is 6.10 Å². The minimum absolute atomic E-state index is 0.0915. The molecule has 0 aliphatic carbocycles. The van der Waals surface area contributed by atoms with Gasteiger partial charge in [0.15, 0.2) is 0 Å². The Hall–Kier alpha value is -2.82. The molecule has 8 nitrogen and oxygen atoms in total. The number of halogens is 2. The summed E-state index contributed by atoms with van der Waals surface area (Å²) in [6.07, 6.45) is 3.15. The first-order chi connectivity index (χ1) is 18.3. The van der Waals surface area contributed by atoms with Crippen molar-refractivity contribution in [3.63, 3.8) is 0 Å². The number of nitrogens with zero attached hydrogens (tertiary/aromatic N) is 3. The third kappa shape index (κ3) is 5.62. The van der Waals surface area contributed by atoms with E-state index in [2.05, 4.69) is 9.88 Å². The van der Waals surface area contributed by atoms with Crippen LogP contribution in [0.4, 0.5) is 0 Å². The molecule has 11 heteroatoms. The second kappa shape index (κ2) is 11.5. The largest absolute Gasteiger partial charge is 0.489 e. The van der Waals surface area contributed by atoms with E-state index >= 15 is 0 Å². The molecule has 200 valence electrons. The van der Waals surface area contributed by atoms with Crippen molar-refractivity contribution in [3.8, 4) is 16.5 Å². The van der Waals surface area contributed by atoms with Gasteiger partial charge in [0.1, 0.15) is 39.9 Å². The Morgan fingerprint density at radius 2 is 1.97 bits per heavy atom. The summed E-state index contributed by atoms with van der Waals surface area (Å²) in [6, 6.07) is 12.9. The van der Waals surface area contributed by atoms with E-state index in [0.717, 1.165) is 54.1 Å². The molecule has 0 saturated carbocycles. The minimum atomic E-state index is -0.569. The molecule has 0 radical (unpaired) electrons. The van der Waals surface area contributed by atoms with Gasteiger partial charge in [-0.1, -0.05) is 35.3 Å². The molecule has 0 spiro atoms. The van der Waals surface area contributed by atoms with E-state index in [0.29, 0.717) is 33.0 Å². The average Bonchev–Trinajstić information content (AvgIpc) is 3.50. The third-order valence-electron chi connectivity index (χ3n) is 6.66. The van der Waals surface area contributed by atoms with Gasteiger partial charge >= 0.3 is 0 Å². The summed E-state index contributed by atoms with van der Waals surface area (Å²) in [7, 11) is 0. The number of fused-ring (bicyclic) bond motifs is 1. The number of nitrogens with two attached hydrogens (primary N) is 2. The van der Waals surface area contributed by atoms with E-state index in [1.165, 1.54) is 11.3 Å². The molecular weight excluding hydrogens is 545 g/mol. The first-order valence-electron chi connectivity index (χ1n) is 12.4. The standard InChI is InChI=1S/C27H29Cl2N5O3S/c1-16(19-3-2-4-22(25(19)29)37-18-7-10-33(11-8-18)12-9-30)36-23-14-24(38-26(23)27(31)35)34-15-32-20-13-17(28)5-6-21(20)34/h2-6,13-16,18H,7-12,30H2,1H3,(H2,31,35). The number of imidazole rings is 1. The van der Waals surface area contributed by atoms with Gasteiger partial charge in [0.25, 0.3) is 5.91 Å². The first kappa shape index (κ1) is 26.8. The van der Waals surface area contributed by atoms with E-state index in [1.807, 2.05) is 35.8 Å². The molecule has 1 saturated heterocycles. The van der Waals surface area contributed by atoms with Crippen LogP contribution in [0, 0.1) is 0 Å². The highest BCUT2D eigenvalue weighted by Gasteiger charge is 2.24. The maximum Gasteiger partial charge on any atom is 0.262 e. The molecule has 1 aliphatic heterocycles. The number of amides is 1. The molecule has 1 atom stereocenters. The molecule has 1 amide bonds. The van der Waals surface area contributed by atoms with E-state index in [4.69, 9.17) is 44.1 Å². The molecule has 1 fully saturated rings. The number of primary amides is 1. The highest BCUT2D eigenvalue weighted by Crippen LogP contribution is 2.39.